The summed E-state index contributed by atoms with van der Waals surface area (Å²) in [5.74, 6) is -1.09. The molecule has 0 radical (unpaired) electrons. The van der Waals surface area contributed by atoms with Gasteiger partial charge in [-0.3, -0.25) is 27.7 Å². The fourth-order valence-corrected chi connectivity index (χ4v) is 6.71. The van der Waals surface area contributed by atoms with Gasteiger partial charge in [-0.05, 0) is 83.5 Å². The number of carbonyl (C=O) groups is 2. The lowest BCUT2D eigenvalue weighted by Gasteiger charge is -2.19. The van der Waals surface area contributed by atoms with E-state index in [0.29, 0.717) is 12.8 Å². The molecule has 0 aromatic heterocycles. The number of aliphatic hydroxyl groups is 3. The van der Waals surface area contributed by atoms with Gasteiger partial charge in [-0.2, -0.15) is 0 Å². The molecule has 0 rings (SSSR count). The standard InChI is InChI=1S/C51H80O15P2/c1-3-5-7-9-11-13-15-17-19-20-21-22-23-24-26-28-30-32-34-36-38-40-51(56)62-42-48(53)44-64-68(59,60)66-46-49(54)45-65-67(57,58)63-43-47(52)41-61-50(55)39-37-35-33-31-29-27-25-18-16-14-12-10-8-6-4-2/h5-8,10-14,16-19,21-22,24-27,29-30,32,47-49,52-54H,3-4,9,15,20,23,28,31,33-46H2,1-2H3,(H,57,58)(H,59,60)/b7-5-,8-6+,12-10+,13-11-,16-14-,19-17-,22-21-,25-18-,26-24-,29-27+,32-30-. The highest BCUT2D eigenvalue weighted by Gasteiger charge is 2.28. The first-order chi connectivity index (χ1) is 32.8. The summed E-state index contributed by atoms with van der Waals surface area (Å²) in [5.41, 5.74) is 0. The molecule has 0 saturated carbocycles. The Balaban J connectivity index is 4.01. The zero-order valence-electron chi connectivity index (χ0n) is 40.2. The summed E-state index contributed by atoms with van der Waals surface area (Å²) < 4.78 is 52.9. The maximum absolute atomic E-state index is 12.2. The van der Waals surface area contributed by atoms with Gasteiger partial charge < -0.3 is 34.6 Å². The minimum Gasteiger partial charge on any atom is -0.463 e. The largest absolute Gasteiger partial charge is 0.472 e. The summed E-state index contributed by atoms with van der Waals surface area (Å²) in [6, 6.07) is 0. The first-order valence-electron chi connectivity index (χ1n) is 23.6. The SMILES string of the molecule is CC/C=C\C/C=C\C/C=C\C/C=C\C/C=C\C/C=C\CCCCC(=O)OCC(O)COP(=O)(O)OCC(O)COP(=O)(O)OCC(O)COC(=O)CCCCC/C=C/C=C\C=C/C=C/C=C/CC. The molecular weight excluding hydrogens is 914 g/mol. The van der Waals surface area contributed by atoms with Gasteiger partial charge in [-0.25, -0.2) is 9.13 Å². The molecule has 0 aliphatic heterocycles. The molecule has 0 aliphatic carbocycles. The van der Waals surface area contributed by atoms with Crippen molar-refractivity contribution in [1.82, 2.24) is 0 Å². The minimum atomic E-state index is -4.81. The molecule has 5 atom stereocenters. The van der Waals surface area contributed by atoms with Crippen LogP contribution in [0, 0.1) is 0 Å². The third-order valence-electron chi connectivity index (χ3n) is 8.73. The number of hydrogen-bond acceptors (Lipinski definition) is 13. The van der Waals surface area contributed by atoms with Crippen LogP contribution in [0.1, 0.15) is 117 Å². The van der Waals surface area contributed by atoms with Crippen molar-refractivity contribution in [2.45, 2.75) is 135 Å². The average Bonchev–Trinajstić information content (AvgIpc) is 3.31. The van der Waals surface area contributed by atoms with Crippen molar-refractivity contribution in [2.24, 2.45) is 0 Å². The van der Waals surface area contributed by atoms with Crippen LogP contribution >= 0.6 is 15.6 Å². The summed E-state index contributed by atoms with van der Waals surface area (Å²) in [6.07, 6.45) is 53.0. The van der Waals surface area contributed by atoms with E-state index in [0.717, 1.165) is 77.0 Å². The van der Waals surface area contributed by atoms with Crippen molar-refractivity contribution in [3.8, 4) is 0 Å². The van der Waals surface area contributed by atoms with Crippen LogP contribution in [0.15, 0.2) is 134 Å². The second-order valence-corrected chi connectivity index (χ2v) is 18.0. The first-order valence-corrected chi connectivity index (χ1v) is 26.6. The molecular formula is C51H80O15P2. The van der Waals surface area contributed by atoms with Gasteiger partial charge in [0, 0.05) is 12.8 Å². The number of aliphatic hydroxyl groups excluding tert-OH is 3. The van der Waals surface area contributed by atoms with Crippen LogP contribution in [0.5, 0.6) is 0 Å². The van der Waals surface area contributed by atoms with Crippen molar-refractivity contribution >= 4 is 27.6 Å². The van der Waals surface area contributed by atoms with E-state index in [4.69, 9.17) is 9.47 Å². The van der Waals surface area contributed by atoms with Crippen molar-refractivity contribution < 1.29 is 71.4 Å². The van der Waals surface area contributed by atoms with E-state index in [1.807, 2.05) is 54.7 Å². The number of ether oxygens (including phenoxy) is 2. The number of phosphoric acid groups is 2. The van der Waals surface area contributed by atoms with Crippen LogP contribution < -0.4 is 0 Å². The number of carbonyl (C=O) groups excluding carboxylic acids is 2. The van der Waals surface area contributed by atoms with E-state index in [2.05, 4.69) is 111 Å². The van der Waals surface area contributed by atoms with E-state index in [9.17, 15) is 43.8 Å². The van der Waals surface area contributed by atoms with Crippen LogP contribution in [0.3, 0.4) is 0 Å². The van der Waals surface area contributed by atoms with Crippen LogP contribution in [0.25, 0.3) is 0 Å². The number of allylic oxidation sites excluding steroid dienone is 22. The highest BCUT2D eigenvalue weighted by molar-refractivity contribution is 7.47. The zero-order valence-corrected chi connectivity index (χ0v) is 42.0. The third-order valence-corrected chi connectivity index (χ3v) is 10.6. The Morgan fingerprint density at radius 2 is 0.706 bits per heavy atom. The number of hydrogen-bond donors (Lipinski definition) is 5. The highest BCUT2D eigenvalue weighted by atomic mass is 31.2. The zero-order chi connectivity index (χ0) is 50.2. The maximum atomic E-state index is 12.2. The molecule has 15 nitrogen and oxygen atoms in total. The number of esters is 2. The van der Waals surface area contributed by atoms with Crippen molar-refractivity contribution in [2.75, 3.05) is 39.6 Å². The fraction of sp³-hybridized carbons (Fsp3) is 0.529. The smallest absolute Gasteiger partial charge is 0.463 e. The molecule has 0 saturated heterocycles. The van der Waals surface area contributed by atoms with E-state index >= 15 is 0 Å². The highest BCUT2D eigenvalue weighted by Crippen LogP contribution is 2.45. The Morgan fingerprint density at radius 3 is 1.12 bits per heavy atom. The van der Waals surface area contributed by atoms with Crippen molar-refractivity contribution in [3.63, 3.8) is 0 Å². The first kappa shape index (κ1) is 64.2. The average molecular weight is 995 g/mol. The number of unbranched alkanes of at least 4 members (excludes halogenated alkanes) is 5. The molecule has 0 heterocycles. The molecule has 0 aromatic rings. The second kappa shape index (κ2) is 45.6. The van der Waals surface area contributed by atoms with Gasteiger partial charge in [0.25, 0.3) is 0 Å². The van der Waals surface area contributed by atoms with E-state index in [1.54, 1.807) is 0 Å². The summed E-state index contributed by atoms with van der Waals surface area (Å²) >= 11 is 0. The van der Waals surface area contributed by atoms with Gasteiger partial charge in [-0.15, -0.1) is 0 Å². The van der Waals surface area contributed by atoms with Gasteiger partial charge in [-0.1, -0.05) is 154 Å². The summed E-state index contributed by atoms with van der Waals surface area (Å²) in [5, 5.41) is 30.0. The van der Waals surface area contributed by atoms with E-state index in [-0.39, 0.29) is 12.8 Å². The van der Waals surface area contributed by atoms with Gasteiger partial charge >= 0.3 is 27.6 Å². The quantitative estimate of drug-likeness (QED) is 0.0126. The van der Waals surface area contributed by atoms with Gasteiger partial charge in [0.1, 0.15) is 31.5 Å². The molecule has 5 unspecified atom stereocenters. The Labute approximate surface area is 405 Å². The molecule has 0 aliphatic rings. The lowest BCUT2D eigenvalue weighted by Crippen LogP contribution is -2.25. The molecule has 0 bridgehead atoms. The van der Waals surface area contributed by atoms with Crippen LogP contribution in [0.4, 0.5) is 0 Å². The minimum absolute atomic E-state index is 0.133. The van der Waals surface area contributed by atoms with Crippen LogP contribution in [0.2, 0.25) is 0 Å². The van der Waals surface area contributed by atoms with Crippen LogP contribution in [-0.2, 0) is 46.3 Å². The van der Waals surface area contributed by atoms with E-state index < -0.39 is 85.5 Å². The molecule has 0 aromatic carbocycles. The molecule has 0 spiro atoms. The predicted octanol–water partition coefficient (Wildman–Crippen LogP) is 10.8. The monoisotopic (exact) mass is 994 g/mol. The second-order valence-electron chi connectivity index (χ2n) is 15.1. The summed E-state index contributed by atoms with van der Waals surface area (Å²) in [4.78, 5) is 43.7. The third kappa shape index (κ3) is 47.3. The van der Waals surface area contributed by atoms with Crippen molar-refractivity contribution in [3.05, 3.63) is 134 Å². The van der Waals surface area contributed by atoms with Crippen molar-refractivity contribution in [1.29, 1.82) is 0 Å². The van der Waals surface area contributed by atoms with E-state index in [1.165, 1.54) is 0 Å². The van der Waals surface area contributed by atoms with Gasteiger partial charge in [0.15, 0.2) is 0 Å². The molecule has 384 valence electrons. The number of phosphoric ester groups is 2. The summed E-state index contributed by atoms with van der Waals surface area (Å²) in [7, 11) is -9.62. The summed E-state index contributed by atoms with van der Waals surface area (Å²) in [6.45, 7) is 0.00489. The van der Waals surface area contributed by atoms with Crippen LogP contribution in [-0.4, -0.2) is 95.0 Å². The molecule has 0 fully saturated rings. The Hall–Kier alpha value is -3.82. The Bertz CT molecular complexity index is 1720. The fourth-order valence-electron chi connectivity index (χ4n) is 5.12. The maximum Gasteiger partial charge on any atom is 0.472 e. The van der Waals surface area contributed by atoms with Gasteiger partial charge in [0.2, 0.25) is 0 Å². The lowest BCUT2D eigenvalue weighted by atomic mass is 10.1. The normalized spacial score (nSPS) is 16.2. The van der Waals surface area contributed by atoms with Gasteiger partial charge in [0.05, 0.1) is 26.4 Å². The molecule has 0 amide bonds. The molecule has 68 heavy (non-hydrogen) atoms. The Morgan fingerprint density at radius 1 is 0.397 bits per heavy atom. The lowest BCUT2D eigenvalue weighted by molar-refractivity contribution is -0.148. The number of rotatable bonds is 43. The molecule has 17 heteroatoms. The Kier molecular flexibility index (Phi) is 43.1. The molecule has 5 N–H and O–H groups in total. The predicted molar refractivity (Wildman–Crippen MR) is 269 cm³/mol. The topological polar surface area (TPSA) is 225 Å².